The number of nitrogens with one attached hydrogen (secondary N) is 2. The number of urea groups is 1. The SMILES string of the molecule is O=C(NCC1C2Cc3ccccc3C12)N1CCC(c2nc(-c3ccccc3)n[nH]2)CC1. The summed E-state index contributed by atoms with van der Waals surface area (Å²) in [6, 6.07) is 18.9. The standard InChI is InChI=1S/C25H27N5O/c31-25(26-15-21-20-14-18-8-4-5-9-19(18)22(20)21)30-12-10-17(11-13-30)24-27-23(28-29-24)16-6-2-1-3-7-16/h1-9,17,20-22H,10-15H2,(H,26,31)(H,27,28,29). The number of benzene rings is 2. The minimum atomic E-state index is 0.0826. The van der Waals surface area contributed by atoms with E-state index >= 15 is 0 Å². The average molecular weight is 414 g/mol. The molecule has 31 heavy (non-hydrogen) atoms. The Balaban J connectivity index is 0.998. The van der Waals surface area contributed by atoms with E-state index in [9.17, 15) is 4.79 Å². The van der Waals surface area contributed by atoms with Crippen LogP contribution in [0.15, 0.2) is 54.6 Å². The van der Waals surface area contributed by atoms with Crippen molar-refractivity contribution in [1.29, 1.82) is 0 Å². The summed E-state index contributed by atoms with van der Waals surface area (Å²) in [6.07, 6.45) is 3.01. The third-order valence-corrected chi connectivity index (χ3v) is 7.39. The number of H-pyrrole nitrogens is 1. The highest BCUT2D eigenvalue weighted by atomic mass is 16.2. The predicted molar refractivity (Wildman–Crippen MR) is 119 cm³/mol. The maximum atomic E-state index is 12.7. The molecule has 0 bridgehead atoms. The van der Waals surface area contributed by atoms with E-state index in [2.05, 4.69) is 39.8 Å². The second-order valence-corrected chi connectivity index (χ2v) is 9.11. The molecule has 6 heteroatoms. The summed E-state index contributed by atoms with van der Waals surface area (Å²) in [5, 5.41) is 10.7. The van der Waals surface area contributed by atoms with Gasteiger partial charge in [-0.1, -0.05) is 54.6 Å². The van der Waals surface area contributed by atoms with Crippen LogP contribution in [0.4, 0.5) is 4.79 Å². The molecule has 3 atom stereocenters. The van der Waals surface area contributed by atoms with Crippen LogP contribution in [0, 0.1) is 11.8 Å². The van der Waals surface area contributed by atoms with Gasteiger partial charge in [0.05, 0.1) is 0 Å². The molecule has 1 saturated heterocycles. The van der Waals surface area contributed by atoms with Gasteiger partial charge in [-0.2, -0.15) is 5.10 Å². The summed E-state index contributed by atoms with van der Waals surface area (Å²) in [5.41, 5.74) is 4.04. The Morgan fingerprint density at radius 2 is 1.84 bits per heavy atom. The van der Waals surface area contributed by atoms with Gasteiger partial charge in [-0.15, -0.1) is 0 Å². The largest absolute Gasteiger partial charge is 0.338 e. The van der Waals surface area contributed by atoms with Gasteiger partial charge in [0.1, 0.15) is 5.82 Å². The van der Waals surface area contributed by atoms with Gasteiger partial charge in [0.15, 0.2) is 5.82 Å². The molecule has 0 radical (unpaired) electrons. The fourth-order valence-corrected chi connectivity index (χ4v) is 5.61. The highest BCUT2D eigenvalue weighted by Crippen LogP contribution is 2.60. The summed E-state index contributed by atoms with van der Waals surface area (Å²) in [4.78, 5) is 19.4. The molecule has 1 saturated carbocycles. The van der Waals surface area contributed by atoms with Crippen molar-refractivity contribution in [2.24, 2.45) is 11.8 Å². The van der Waals surface area contributed by atoms with Gasteiger partial charge in [0, 0.05) is 31.1 Å². The zero-order chi connectivity index (χ0) is 20.8. The number of aromatic nitrogens is 3. The third-order valence-electron chi connectivity index (χ3n) is 7.39. The van der Waals surface area contributed by atoms with Crippen LogP contribution < -0.4 is 5.32 Å². The van der Waals surface area contributed by atoms with Crippen LogP contribution in [0.25, 0.3) is 11.4 Å². The van der Waals surface area contributed by atoms with Crippen molar-refractivity contribution in [3.05, 3.63) is 71.5 Å². The van der Waals surface area contributed by atoms with Gasteiger partial charge in [-0.05, 0) is 48.1 Å². The normalized spacial score (nSPS) is 24.5. The predicted octanol–water partition coefficient (Wildman–Crippen LogP) is 3.95. The Morgan fingerprint density at radius 3 is 2.68 bits per heavy atom. The van der Waals surface area contributed by atoms with E-state index in [1.807, 2.05) is 35.2 Å². The summed E-state index contributed by atoms with van der Waals surface area (Å²) in [7, 11) is 0. The molecule has 2 aliphatic carbocycles. The van der Waals surface area contributed by atoms with E-state index in [0.717, 1.165) is 55.6 Å². The minimum absolute atomic E-state index is 0.0826. The molecule has 1 aromatic heterocycles. The van der Waals surface area contributed by atoms with Gasteiger partial charge in [0.2, 0.25) is 0 Å². The molecule has 3 unspecified atom stereocenters. The molecule has 3 aliphatic rings. The van der Waals surface area contributed by atoms with Crippen LogP contribution in [-0.4, -0.2) is 45.7 Å². The summed E-state index contributed by atoms with van der Waals surface area (Å²) >= 11 is 0. The molecule has 6 rings (SSSR count). The quantitative estimate of drug-likeness (QED) is 0.680. The van der Waals surface area contributed by atoms with E-state index in [0.29, 0.717) is 17.8 Å². The van der Waals surface area contributed by atoms with E-state index in [1.165, 1.54) is 17.5 Å². The van der Waals surface area contributed by atoms with Crippen LogP contribution >= 0.6 is 0 Å². The first-order valence-corrected chi connectivity index (χ1v) is 11.4. The van der Waals surface area contributed by atoms with Crippen molar-refractivity contribution in [3.63, 3.8) is 0 Å². The van der Waals surface area contributed by atoms with Gasteiger partial charge < -0.3 is 10.2 Å². The Bertz CT molecular complexity index is 1090. The molecule has 2 N–H and O–H groups in total. The second-order valence-electron chi connectivity index (χ2n) is 9.11. The number of rotatable bonds is 4. The number of likely N-dealkylation sites (tertiary alicyclic amines) is 1. The fraction of sp³-hybridized carbons (Fsp3) is 0.400. The Morgan fingerprint density at radius 1 is 1.06 bits per heavy atom. The highest BCUT2D eigenvalue weighted by Gasteiger charge is 2.55. The molecule has 2 amide bonds. The van der Waals surface area contributed by atoms with Crippen molar-refractivity contribution < 1.29 is 4.79 Å². The number of piperidine rings is 1. The fourth-order valence-electron chi connectivity index (χ4n) is 5.61. The molecule has 0 spiro atoms. The zero-order valence-corrected chi connectivity index (χ0v) is 17.5. The van der Waals surface area contributed by atoms with Crippen molar-refractivity contribution in [2.75, 3.05) is 19.6 Å². The van der Waals surface area contributed by atoms with Crippen molar-refractivity contribution in [3.8, 4) is 11.4 Å². The number of aromatic amines is 1. The molecule has 1 aliphatic heterocycles. The monoisotopic (exact) mass is 413 g/mol. The maximum absolute atomic E-state index is 12.7. The van der Waals surface area contributed by atoms with Gasteiger partial charge in [0.25, 0.3) is 0 Å². The van der Waals surface area contributed by atoms with E-state index in [4.69, 9.17) is 4.98 Å². The first-order valence-electron chi connectivity index (χ1n) is 11.4. The molecule has 3 aromatic rings. The van der Waals surface area contributed by atoms with Crippen LogP contribution in [0.3, 0.4) is 0 Å². The number of carbonyl (C=O) groups is 1. The Hall–Kier alpha value is -3.15. The van der Waals surface area contributed by atoms with E-state index < -0.39 is 0 Å². The molecule has 2 aromatic carbocycles. The maximum Gasteiger partial charge on any atom is 0.317 e. The topological polar surface area (TPSA) is 73.9 Å². The number of amides is 2. The molecule has 6 nitrogen and oxygen atoms in total. The summed E-state index contributed by atoms with van der Waals surface area (Å²) < 4.78 is 0. The van der Waals surface area contributed by atoms with Gasteiger partial charge in [-0.25, -0.2) is 9.78 Å². The third kappa shape index (κ3) is 3.40. The number of nitrogens with zero attached hydrogens (tertiary/aromatic N) is 3. The van der Waals surface area contributed by atoms with Crippen molar-refractivity contribution in [1.82, 2.24) is 25.4 Å². The average Bonchev–Trinajstić information content (AvgIpc) is 3.17. The van der Waals surface area contributed by atoms with Crippen LogP contribution in [0.1, 0.15) is 41.6 Å². The Kier molecular flexibility index (Phi) is 4.51. The molecule has 2 heterocycles. The van der Waals surface area contributed by atoms with E-state index in [-0.39, 0.29) is 6.03 Å². The second kappa shape index (κ2) is 7.52. The molecule has 158 valence electrons. The summed E-state index contributed by atoms with van der Waals surface area (Å²) in [6.45, 7) is 2.32. The van der Waals surface area contributed by atoms with Crippen molar-refractivity contribution in [2.45, 2.75) is 31.1 Å². The highest BCUT2D eigenvalue weighted by molar-refractivity contribution is 5.74. The molecule has 2 fully saturated rings. The van der Waals surface area contributed by atoms with Gasteiger partial charge in [-0.3, -0.25) is 5.10 Å². The van der Waals surface area contributed by atoms with Crippen LogP contribution in [-0.2, 0) is 6.42 Å². The van der Waals surface area contributed by atoms with Gasteiger partial charge >= 0.3 is 6.03 Å². The lowest BCUT2D eigenvalue weighted by Gasteiger charge is -2.31. The number of hydrogen-bond donors (Lipinski definition) is 2. The number of fused-ring (bicyclic) bond motifs is 3. The zero-order valence-electron chi connectivity index (χ0n) is 17.5. The first kappa shape index (κ1) is 18.6. The number of carbonyl (C=O) groups excluding carboxylic acids is 1. The lowest BCUT2D eigenvalue weighted by Crippen LogP contribution is -2.45. The smallest absolute Gasteiger partial charge is 0.317 e. The van der Waals surface area contributed by atoms with Crippen LogP contribution in [0.5, 0.6) is 0 Å². The lowest BCUT2D eigenvalue weighted by molar-refractivity contribution is 0.180. The molecular weight excluding hydrogens is 386 g/mol. The van der Waals surface area contributed by atoms with Crippen LogP contribution in [0.2, 0.25) is 0 Å². The van der Waals surface area contributed by atoms with E-state index in [1.54, 1.807) is 0 Å². The summed E-state index contributed by atoms with van der Waals surface area (Å²) in [5.74, 6) is 4.01. The minimum Gasteiger partial charge on any atom is -0.338 e. The lowest BCUT2D eigenvalue weighted by atomic mass is 9.96. The van der Waals surface area contributed by atoms with Crippen molar-refractivity contribution >= 4 is 6.03 Å². The Labute approximate surface area is 182 Å². The number of hydrogen-bond acceptors (Lipinski definition) is 3. The molecular formula is C25H27N5O. The first-order chi connectivity index (χ1) is 15.3.